The van der Waals surface area contributed by atoms with Crippen molar-refractivity contribution in [3.8, 4) is 5.75 Å². The highest BCUT2D eigenvalue weighted by molar-refractivity contribution is 5.80. The maximum absolute atomic E-state index is 12.4. The smallest absolute Gasteiger partial charge is 0.223 e. The largest absolute Gasteiger partial charge is 0.497 e. The molecule has 1 heterocycles. The van der Waals surface area contributed by atoms with Gasteiger partial charge in [0.2, 0.25) is 5.91 Å². The number of imidazole rings is 1. The highest BCUT2D eigenvalue weighted by Gasteiger charge is 2.29. The molecule has 1 saturated carbocycles. The Morgan fingerprint density at radius 2 is 2.27 bits per heavy atom. The number of amides is 1. The number of aryl methyl sites for hydroxylation is 1. The third-order valence-corrected chi connectivity index (χ3v) is 4.31. The molecule has 3 rings (SSSR count). The summed E-state index contributed by atoms with van der Waals surface area (Å²) in [6.45, 7) is 0. The highest BCUT2D eigenvalue weighted by atomic mass is 16.5. The van der Waals surface area contributed by atoms with E-state index in [2.05, 4.69) is 10.3 Å². The Balaban J connectivity index is 1.91. The summed E-state index contributed by atoms with van der Waals surface area (Å²) in [5, 5.41) is 3.15. The average molecular weight is 299 g/mol. The molecule has 1 aromatic carbocycles. The van der Waals surface area contributed by atoms with E-state index >= 15 is 0 Å². The summed E-state index contributed by atoms with van der Waals surface area (Å²) in [6, 6.07) is 7.50. The molecular formula is C17H21N3O2. The van der Waals surface area contributed by atoms with Crippen LogP contribution in [0.25, 0.3) is 0 Å². The number of methoxy groups -OCH3 is 1. The van der Waals surface area contributed by atoms with Crippen molar-refractivity contribution in [1.82, 2.24) is 14.9 Å². The van der Waals surface area contributed by atoms with E-state index in [0.29, 0.717) is 0 Å². The number of aromatic nitrogens is 2. The van der Waals surface area contributed by atoms with Gasteiger partial charge in [-0.2, -0.15) is 0 Å². The molecule has 1 atom stereocenters. The van der Waals surface area contributed by atoms with E-state index in [1.165, 1.54) is 0 Å². The van der Waals surface area contributed by atoms with Gasteiger partial charge in [-0.1, -0.05) is 18.6 Å². The third kappa shape index (κ3) is 2.84. The van der Waals surface area contributed by atoms with Gasteiger partial charge in [0.05, 0.1) is 7.11 Å². The number of nitrogens with one attached hydrogen (secondary N) is 1. The Morgan fingerprint density at radius 1 is 1.45 bits per heavy atom. The van der Waals surface area contributed by atoms with Crippen LogP contribution in [-0.4, -0.2) is 22.6 Å². The molecule has 1 amide bonds. The lowest BCUT2D eigenvalue weighted by atomic mass is 9.84. The van der Waals surface area contributed by atoms with Crippen LogP contribution in [0.3, 0.4) is 0 Å². The summed E-state index contributed by atoms with van der Waals surface area (Å²) in [5.41, 5.74) is 0.973. The molecule has 0 radical (unpaired) electrons. The van der Waals surface area contributed by atoms with Crippen molar-refractivity contribution in [3.63, 3.8) is 0 Å². The highest BCUT2D eigenvalue weighted by Crippen LogP contribution is 2.29. The fraction of sp³-hybridized carbons (Fsp3) is 0.412. The molecule has 1 N–H and O–H groups in total. The standard InChI is InChI=1S/C17H21N3O2/c1-20-10-9-18-16(20)15(19-17(21)12-5-3-6-12)13-7-4-8-14(11-13)22-2/h4,7-12,15H,3,5-6H2,1-2H3,(H,19,21). The topological polar surface area (TPSA) is 56.1 Å². The molecule has 22 heavy (non-hydrogen) atoms. The number of hydrogen-bond donors (Lipinski definition) is 1. The molecule has 1 aliphatic carbocycles. The van der Waals surface area contributed by atoms with Gasteiger partial charge in [-0.05, 0) is 30.5 Å². The van der Waals surface area contributed by atoms with Crippen molar-refractivity contribution in [2.24, 2.45) is 13.0 Å². The van der Waals surface area contributed by atoms with E-state index in [-0.39, 0.29) is 17.9 Å². The lowest BCUT2D eigenvalue weighted by Crippen LogP contribution is -2.38. The van der Waals surface area contributed by atoms with Crippen LogP contribution in [0.5, 0.6) is 5.75 Å². The minimum atomic E-state index is -0.261. The third-order valence-electron chi connectivity index (χ3n) is 4.31. The number of ether oxygens (including phenoxy) is 1. The van der Waals surface area contributed by atoms with Crippen LogP contribution >= 0.6 is 0 Å². The molecular weight excluding hydrogens is 278 g/mol. The molecule has 0 aliphatic heterocycles. The van der Waals surface area contributed by atoms with Gasteiger partial charge in [-0.25, -0.2) is 4.98 Å². The van der Waals surface area contributed by atoms with E-state index in [0.717, 1.165) is 36.4 Å². The van der Waals surface area contributed by atoms with E-state index in [9.17, 15) is 4.79 Å². The molecule has 1 aliphatic rings. The number of rotatable bonds is 5. The van der Waals surface area contributed by atoms with Crippen LogP contribution in [0.15, 0.2) is 36.7 Å². The summed E-state index contributed by atoms with van der Waals surface area (Å²) in [4.78, 5) is 16.8. The monoisotopic (exact) mass is 299 g/mol. The van der Waals surface area contributed by atoms with E-state index in [4.69, 9.17) is 4.74 Å². The molecule has 5 nitrogen and oxygen atoms in total. The Morgan fingerprint density at radius 3 is 2.86 bits per heavy atom. The summed E-state index contributed by atoms with van der Waals surface area (Å²) in [6.07, 6.45) is 6.74. The molecule has 1 aromatic heterocycles. The average Bonchev–Trinajstić information content (AvgIpc) is 2.89. The van der Waals surface area contributed by atoms with Crippen LogP contribution in [0, 0.1) is 5.92 Å². The Kier molecular flexibility index (Phi) is 4.13. The van der Waals surface area contributed by atoms with Gasteiger partial charge in [0.15, 0.2) is 0 Å². The summed E-state index contributed by atoms with van der Waals surface area (Å²) in [5.74, 6) is 1.85. The lowest BCUT2D eigenvalue weighted by Gasteiger charge is -2.27. The zero-order chi connectivity index (χ0) is 15.5. The van der Waals surface area contributed by atoms with Crippen LogP contribution < -0.4 is 10.1 Å². The van der Waals surface area contributed by atoms with E-state index in [1.807, 2.05) is 42.1 Å². The molecule has 0 spiro atoms. The van der Waals surface area contributed by atoms with Crippen molar-refractivity contribution in [3.05, 3.63) is 48.0 Å². The fourth-order valence-electron chi connectivity index (χ4n) is 2.70. The van der Waals surface area contributed by atoms with Crippen molar-refractivity contribution in [2.75, 3.05) is 7.11 Å². The Bertz CT molecular complexity index is 661. The van der Waals surface area contributed by atoms with Gasteiger partial charge >= 0.3 is 0 Å². The van der Waals surface area contributed by atoms with Gasteiger partial charge in [0.25, 0.3) is 0 Å². The SMILES string of the molecule is COc1cccc(C(NC(=O)C2CCC2)c2nccn2C)c1. The molecule has 0 saturated heterocycles. The van der Waals surface area contributed by atoms with Crippen molar-refractivity contribution in [2.45, 2.75) is 25.3 Å². The molecule has 1 unspecified atom stereocenters. The van der Waals surface area contributed by atoms with E-state index in [1.54, 1.807) is 13.3 Å². The summed E-state index contributed by atoms with van der Waals surface area (Å²) >= 11 is 0. The maximum Gasteiger partial charge on any atom is 0.223 e. The zero-order valence-electron chi connectivity index (χ0n) is 13.0. The first-order valence-corrected chi connectivity index (χ1v) is 7.60. The number of benzene rings is 1. The Labute approximate surface area is 130 Å². The van der Waals surface area contributed by atoms with Crippen molar-refractivity contribution in [1.29, 1.82) is 0 Å². The van der Waals surface area contributed by atoms with Gasteiger partial charge in [0.1, 0.15) is 17.6 Å². The molecule has 116 valence electrons. The second kappa shape index (κ2) is 6.22. The van der Waals surface area contributed by atoms with E-state index < -0.39 is 0 Å². The van der Waals surface area contributed by atoms with Gasteiger partial charge in [-0.15, -0.1) is 0 Å². The van der Waals surface area contributed by atoms with Crippen LogP contribution in [0.2, 0.25) is 0 Å². The molecule has 5 heteroatoms. The van der Waals surface area contributed by atoms with Crippen molar-refractivity contribution < 1.29 is 9.53 Å². The second-order valence-electron chi connectivity index (χ2n) is 5.74. The normalized spacial score (nSPS) is 15.9. The predicted octanol–water partition coefficient (Wildman–Crippen LogP) is 2.43. The number of carbonyl (C=O) groups is 1. The van der Waals surface area contributed by atoms with Gasteiger partial charge in [-0.3, -0.25) is 4.79 Å². The molecule has 0 bridgehead atoms. The Hall–Kier alpha value is -2.30. The minimum absolute atomic E-state index is 0.113. The first kappa shape index (κ1) is 14.6. The molecule has 1 fully saturated rings. The van der Waals surface area contributed by atoms with Crippen molar-refractivity contribution >= 4 is 5.91 Å². The lowest BCUT2D eigenvalue weighted by molar-refractivity contribution is -0.127. The fourth-order valence-corrected chi connectivity index (χ4v) is 2.70. The number of nitrogens with zero attached hydrogens (tertiary/aromatic N) is 2. The van der Waals surface area contributed by atoms with Crippen LogP contribution in [0.4, 0.5) is 0 Å². The van der Waals surface area contributed by atoms with Gasteiger partial charge < -0.3 is 14.6 Å². The predicted molar refractivity (Wildman–Crippen MR) is 83.5 cm³/mol. The summed E-state index contributed by atoms with van der Waals surface area (Å²) in [7, 11) is 3.58. The number of hydrogen-bond acceptors (Lipinski definition) is 3. The van der Waals surface area contributed by atoms with Gasteiger partial charge in [0, 0.05) is 25.4 Å². The minimum Gasteiger partial charge on any atom is -0.497 e. The summed E-state index contributed by atoms with van der Waals surface area (Å²) < 4.78 is 7.23. The zero-order valence-corrected chi connectivity index (χ0v) is 13.0. The molecule has 2 aromatic rings. The number of carbonyl (C=O) groups excluding carboxylic acids is 1. The van der Waals surface area contributed by atoms with Crippen LogP contribution in [-0.2, 0) is 11.8 Å². The first-order valence-electron chi connectivity index (χ1n) is 7.60. The maximum atomic E-state index is 12.4. The van der Waals surface area contributed by atoms with Crippen LogP contribution in [0.1, 0.15) is 36.7 Å². The quantitative estimate of drug-likeness (QED) is 0.922. The first-order chi connectivity index (χ1) is 10.7. The second-order valence-corrected chi connectivity index (χ2v) is 5.74.